The van der Waals surface area contributed by atoms with E-state index in [0.29, 0.717) is 5.78 Å². The third-order valence-electron chi connectivity index (χ3n) is 4.00. The van der Waals surface area contributed by atoms with Gasteiger partial charge in [-0.2, -0.15) is 11.8 Å². The highest BCUT2D eigenvalue weighted by Gasteiger charge is 2.24. The summed E-state index contributed by atoms with van der Waals surface area (Å²) in [7, 11) is 0. The summed E-state index contributed by atoms with van der Waals surface area (Å²) in [6.45, 7) is 3.27. The van der Waals surface area contributed by atoms with Crippen molar-refractivity contribution in [2.45, 2.75) is 39.2 Å². The van der Waals surface area contributed by atoms with Crippen LogP contribution in [0.3, 0.4) is 0 Å². The van der Waals surface area contributed by atoms with Crippen LogP contribution in [0, 0.1) is 12.8 Å². The molecule has 2 aliphatic rings. The Balaban J connectivity index is 1.90. The van der Waals surface area contributed by atoms with Crippen LogP contribution in [-0.4, -0.2) is 21.9 Å². The van der Waals surface area contributed by atoms with E-state index in [1.165, 1.54) is 29.3 Å². The average Bonchev–Trinajstić information content (AvgIpc) is 2.91. The van der Waals surface area contributed by atoms with Crippen LogP contribution in [0.15, 0.2) is 6.07 Å². The zero-order chi connectivity index (χ0) is 11.8. The highest BCUT2D eigenvalue weighted by molar-refractivity contribution is 7.99. The molecule has 1 unspecified atom stereocenters. The van der Waals surface area contributed by atoms with Crippen LogP contribution in [0.5, 0.6) is 0 Å². The van der Waals surface area contributed by atoms with E-state index in [1.54, 1.807) is 0 Å². The molecule has 2 nitrogen and oxygen atoms in total. The lowest BCUT2D eigenvalue weighted by Gasteiger charge is -2.18. The van der Waals surface area contributed by atoms with Gasteiger partial charge in [-0.15, -0.1) is 0 Å². The van der Waals surface area contributed by atoms with Gasteiger partial charge in [-0.25, -0.2) is 0 Å². The average molecular weight is 249 g/mol. The van der Waals surface area contributed by atoms with E-state index in [4.69, 9.17) is 0 Å². The summed E-state index contributed by atoms with van der Waals surface area (Å²) in [4.78, 5) is 11.9. The van der Waals surface area contributed by atoms with Crippen LogP contribution in [0.1, 0.15) is 41.0 Å². The van der Waals surface area contributed by atoms with Gasteiger partial charge in [-0.3, -0.25) is 4.79 Å². The molecule has 0 bridgehead atoms. The second-order valence-electron chi connectivity index (χ2n) is 5.26. The van der Waals surface area contributed by atoms with Gasteiger partial charge in [-0.05, 0) is 49.7 Å². The van der Waals surface area contributed by atoms with Crippen LogP contribution in [0.2, 0.25) is 0 Å². The molecule has 1 aliphatic heterocycles. The molecule has 2 heterocycles. The Morgan fingerprint density at radius 1 is 1.47 bits per heavy atom. The monoisotopic (exact) mass is 249 g/mol. The quantitative estimate of drug-likeness (QED) is 0.803. The van der Waals surface area contributed by atoms with Crippen LogP contribution < -0.4 is 0 Å². The first-order valence-corrected chi connectivity index (χ1v) is 7.71. The van der Waals surface area contributed by atoms with Crippen LogP contribution in [-0.2, 0) is 13.0 Å². The molecule has 3 heteroatoms. The normalized spacial score (nSPS) is 24.1. The van der Waals surface area contributed by atoms with E-state index in [9.17, 15) is 4.79 Å². The fourth-order valence-electron chi connectivity index (χ4n) is 3.03. The summed E-state index contributed by atoms with van der Waals surface area (Å²) >= 11 is 2.07. The van der Waals surface area contributed by atoms with Crippen molar-refractivity contribution in [2.24, 2.45) is 5.92 Å². The molecule has 3 rings (SSSR count). The van der Waals surface area contributed by atoms with Gasteiger partial charge in [0.1, 0.15) is 0 Å². The lowest BCUT2D eigenvalue weighted by Crippen LogP contribution is -2.17. The molecular weight excluding hydrogens is 230 g/mol. The number of rotatable bonds is 2. The van der Waals surface area contributed by atoms with Crippen molar-refractivity contribution in [1.82, 2.24) is 4.57 Å². The molecular formula is C14H19NOS. The van der Waals surface area contributed by atoms with Crippen molar-refractivity contribution in [1.29, 1.82) is 0 Å². The predicted octanol–water partition coefficient (Wildman–Crippen LogP) is 3.07. The second kappa shape index (κ2) is 4.52. The largest absolute Gasteiger partial charge is 0.348 e. The Morgan fingerprint density at radius 2 is 2.35 bits per heavy atom. The summed E-state index contributed by atoms with van der Waals surface area (Å²) in [5.41, 5.74) is 3.61. The Bertz CT molecular complexity index is 443. The van der Waals surface area contributed by atoms with Crippen molar-refractivity contribution in [3.63, 3.8) is 0 Å². The number of carbonyl (C=O) groups is 1. The highest BCUT2D eigenvalue weighted by atomic mass is 32.2. The molecule has 1 atom stereocenters. The number of Topliss-reactive ketones (excluding diaryl/α,β-unsaturated/α-hetero) is 1. The van der Waals surface area contributed by atoms with Gasteiger partial charge in [0.2, 0.25) is 0 Å². The van der Waals surface area contributed by atoms with E-state index in [0.717, 1.165) is 37.3 Å². The number of aryl methyl sites for hydroxylation is 1. The Kier molecular flexibility index (Phi) is 3.03. The first-order chi connectivity index (χ1) is 8.25. The van der Waals surface area contributed by atoms with Gasteiger partial charge in [0.05, 0.1) is 0 Å². The van der Waals surface area contributed by atoms with Gasteiger partial charge >= 0.3 is 0 Å². The van der Waals surface area contributed by atoms with Crippen molar-refractivity contribution in [2.75, 3.05) is 11.5 Å². The summed E-state index contributed by atoms with van der Waals surface area (Å²) in [5, 5.41) is 0. The van der Waals surface area contributed by atoms with E-state index in [1.807, 2.05) is 0 Å². The number of fused-ring (bicyclic) bond motifs is 1. The number of aromatic nitrogens is 1. The lowest BCUT2D eigenvalue weighted by molar-refractivity contribution is 0.0971. The molecule has 0 radical (unpaired) electrons. The molecule has 1 aromatic rings. The Morgan fingerprint density at radius 3 is 3.12 bits per heavy atom. The van der Waals surface area contributed by atoms with Crippen molar-refractivity contribution >= 4 is 17.5 Å². The summed E-state index contributed by atoms with van der Waals surface area (Å²) in [5.74, 6) is 3.77. The summed E-state index contributed by atoms with van der Waals surface area (Å²) in [6.07, 6.45) is 4.21. The maximum atomic E-state index is 11.9. The standard InChI is InChI=1S/C14H19NOS/c1-10-7-12-13(3-2-4-14(12)16)15(10)8-11-5-6-17-9-11/h7,11H,2-6,8-9H2,1H3. The van der Waals surface area contributed by atoms with Crippen molar-refractivity contribution < 1.29 is 4.79 Å². The molecule has 92 valence electrons. The molecule has 0 saturated carbocycles. The minimum atomic E-state index is 0.355. The van der Waals surface area contributed by atoms with Crippen LogP contribution in [0.4, 0.5) is 0 Å². The number of ketones is 1. The molecule has 1 fully saturated rings. The van der Waals surface area contributed by atoms with E-state index in [-0.39, 0.29) is 0 Å². The first-order valence-electron chi connectivity index (χ1n) is 6.55. The number of carbonyl (C=O) groups excluding carboxylic acids is 1. The summed E-state index contributed by atoms with van der Waals surface area (Å²) < 4.78 is 2.42. The topological polar surface area (TPSA) is 22.0 Å². The van der Waals surface area contributed by atoms with E-state index < -0.39 is 0 Å². The van der Waals surface area contributed by atoms with E-state index in [2.05, 4.69) is 29.3 Å². The molecule has 0 N–H and O–H groups in total. The molecule has 1 saturated heterocycles. The van der Waals surface area contributed by atoms with Crippen molar-refractivity contribution in [3.05, 3.63) is 23.0 Å². The number of hydrogen-bond donors (Lipinski definition) is 0. The number of hydrogen-bond acceptors (Lipinski definition) is 2. The molecule has 0 aromatic carbocycles. The maximum Gasteiger partial charge on any atom is 0.164 e. The third-order valence-corrected chi connectivity index (χ3v) is 5.23. The fourth-order valence-corrected chi connectivity index (χ4v) is 4.30. The molecule has 0 spiro atoms. The van der Waals surface area contributed by atoms with Crippen LogP contribution >= 0.6 is 11.8 Å². The highest BCUT2D eigenvalue weighted by Crippen LogP contribution is 2.29. The van der Waals surface area contributed by atoms with Gasteiger partial charge in [0, 0.05) is 29.9 Å². The summed E-state index contributed by atoms with van der Waals surface area (Å²) in [6, 6.07) is 2.11. The zero-order valence-corrected chi connectivity index (χ0v) is 11.2. The molecule has 17 heavy (non-hydrogen) atoms. The van der Waals surface area contributed by atoms with Gasteiger partial charge in [0.15, 0.2) is 5.78 Å². The van der Waals surface area contributed by atoms with E-state index >= 15 is 0 Å². The smallest absolute Gasteiger partial charge is 0.164 e. The first kappa shape index (κ1) is 11.4. The second-order valence-corrected chi connectivity index (χ2v) is 6.41. The lowest BCUT2D eigenvalue weighted by atomic mass is 9.96. The number of thioether (sulfide) groups is 1. The number of nitrogens with zero attached hydrogens (tertiary/aromatic N) is 1. The Labute approximate surface area is 107 Å². The Hall–Kier alpha value is -0.700. The maximum absolute atomic E-state index is 11.9. The SMILES string of the molecule is Cc1cc2c(n1CC1CCSC1)CCCC2=O. The van der Waals surface area contributed by atoms with Gasteiger partial charge < -0.3 is 4.57 Å². The predicted molar refractivity (Wildman–Crippen MR) is 71.9 cm³/mol. The zero-order valence-electron chi connectivity index (χ0n) is 10.4. The molecule has 1 aromatic heterocycles. The molecule has 1 aliphatic carbocycles. The fraction of sp³-hybridized carbons (Fsp3) is 0.643. The van der Waals surface area contributed by atoms with Gasteiger partial charge in [0.25, 0.3) is 0 Å². The molecule has 0 amide bonds. The minimum absolute atomic E-state index is 0.355. The van der Waals surface area contributed by atoms with Gasteiger partial charge in [-0.1, -0.05) is 0 Å². The minimum Gasteiger partial charge on any atom is -0.348 e. The van der Waals surface area contributed by atoms with Crippen LogP contribution in [0.25, 0.3) is 0 Å². The van der Waals surface area contributed by atoms with Crippen molar-refractivity contribution in [3.8, 4) is 0 Å². The third kappa shape index (κ3) is 2.05.